The largest absolute Gasteiger partial charge is 0.480 e. The summed E-state index contributed by atoms with van der Waals surface area (Å²) in [5, 5.41) is 13.7. The molecule has 2 N–H and O–H groups in total. The number of nitrogens with one attached hydrogen (secondary N) is 1. The molecule has 0 bridgehead atoms. The summed E-state index contributed by atoms with van der Waals surface area (Å²) >= 11 is 6.41. The Kier molecular flexibility index (Phi) is 6.32. The second-order valence-corrected chi connectivity index (χ2v) is 9.44. The van der Waals surface area contributed by atoms with Gasteiger partial charge in [0.2, 0.25) is 12.7 Å². The number of carboxylic acids is 1. The number of hydrogen-bond acceptors (Lipinski definition) is 4. The van der Waals surface area contributed by atoms with E-state index in [1.165, 1.54) is 12.1 Å². The molecule has 184 valence electrons. The molecule has 1 aromatic heterocycles. The number of amides is 1. The minimum Gasteiger partial charge on any atom is -0.480 e. The van der Waals surface area contributed by atoms with Gasteiger partial charge in [-0.2, -0.15) is 0 Å². The highest BCUT2D eigenvalue weighted by atomic mass is 35.5. The van der Waals surface area contributed by atoms with E-state index in [4.69, 9.17) is 21.1 Å². The maximum atomic E-state index is 14.3. The summed E-state index contributed by atoms with van der Waals surface area (Å²) in [4.78, 5) is 24.7. The molecule has 0 saturated heterocycles. The van der Waals surface area contributed by atoms with E-state index in [0.29, 0.717) is 60.9 Å². The Morgan fingerprint density at radius 2 is 2.06 bits per heavy atom. The van der Waals surface area contributed by atoms with Crippen LogP contribution in [0.2, 0.25) is 5.02 Å². The zero-order chi connectivity index (χ0) is 24.7. The lowest BCUT2D eigenvalue weighted by molar-refractivity contribution is -0.141. The predicted octanol–water partition coefficient (Wildman–Crippen LogP) is 4.80. The molecule has 0 spiro atoms. The molecule has 2 aromatic carbocycles. The summed E-state index contributed by atoms with van der Waals surface area (Å²) in [6.07, 6.45) is 2.98. The molecule has 1 amide bonds. The van der Waals surface area contributed by atoms with Gasteiger partial charge >= 0.3 is 5.97 Å². The van der Waals surface area contributed by atoms with Crippen LogP contribution < -0.4 is 14.8 Å². The number of nitrogens with zero attached hydrogens (tertiary/aromatic N) is 1. The number of fused-ring (bicyclic) bond motifs is 4. The Balaban J connectivity index is 1.34. The van der Waals surface area contributed by atoms with Crippen LogP contribution in [0.1, 0.15) is 49.0 Å². The van der Waals surface area contributed by atoms with Crippen molar-refractivity contribution in [2.24, 2.45) is 0 Å². The van der Waals surface area contributed by atoms with E-state index in [1.807, 2.05) is 18.2 Å². The standard InChI is InChI=1S/C26H26ClFN2O5/c1-2-20(26(32)33)30-21-6-5-16(12-17(21)18-10-15(28)11-19(27)25(18)30)29-24(31)8-4-14-3-7-22-23(9-14)35-13-34-22/h3,7,9-11,16,20H,2,4-6,8,12-13H2,1H3,(H,29,31)(H,32,33). The summed E-state index contributed by atoms with van der Waals surface area (Å²) in [7, 11) is 0. The van der Waals surface area contributed by atoms with Crippen LogP contribution in [0.25, 0.3) is 10.9 Å². The van der Waals surface area contributed by atoms with Crippen molar-refractivity contribution in [1.29, 1.82) is 0 Å². The van der Waals surface area contributed by atoms with Gasteiger partial charge in [-0.1, -0.05) is 24.6 Å². The van der Waals surface area contributed by atoms with Gasteiger partial charge < -0.3 is 24.5 Å². The van der Waals surface area contributed by atoms with Gasteiger partial charge in [0.15, 0.2) is 11.5 Å². The first-order valence-electron chi connectivity index (χ1n) is 11.8. The summed E-state index contributed by atoms with van der Waals surface area (Å²) in [5.74, 6) is -0.0925. The van der Waals surface area contributed by atoms with Crippen LogP contribution in [0.3, 0.4) is 0 Å². The van der Waals surface area contributed by atoms with Gasteiger partial charge in [-0.25, -0.2) is 9.18 Å². The Bertz CT molecular complexity index is 1320. The van der Waals surface area contributed by atoms with Gasteiger partial charge in [-0.15, -0.1) is 0 Å². The lowest BCUT2D eigenvalue weighted by Gasteiger charge is -2.26. The molecule has 1 aliphatic heterocycles. The predicted molar refractivity (Wildman–Crippen MR) is 129 cm³/mol. The van der Waals surface area contributed by atoms with Crippen molar-refractivity contribution in [2.75, 3.05) is 6.79 Å². The van der Waals surface area contributed by atoms with Crippen molar-refractivity contribution in [3.63, 3.8) is 0 Å². The van der Waals surface area contributed by atoms with E-state index in [1.54, 1.807) is 11.5 Å². The Morgan fingerprint density at radius 1 is 1.26 bits per heavy atom. The van der Waals surface area contributed by atoms with Crippen molar-refractivity contribution in [3.05, 3.63) is 58.0 Å². The third kappa shape index (κ3) is 4.43. The number of carbonyl (C=O) groups is 2. The summed E-state index contributed by atoms with van der Waals surface area (Å²) in [6, 6.07) is 7.37. The molecule has 5 rings (SSSR count). The van der Waals surface area contributed by atoms with Gasteiger partial charge in [-0.3, -0.25) is 4.79 Å². The third-order valence-electron chi connectivity index (χ3n) is 6.84. The van der Waals surface area contributed by atoms with Crippen LogP contribution in [-0.4, -0.2) is 34.4 Å². The highest BCUT2D eigenvalue weighted by molar-refractivity contribution is 6.35. The maximum Gasteiger partial charge on any atom is 0.326 e. The van der Waals surface area contributed by atoms with Crippen LogP contribution >= 0.6 is 11.6 Å². The number of aliphatic carboxylic acids is 1. The molecule has 2 aliphatic rings. The third-order valence-corrected chi connectivity index (χ3v) is 7.13. The van der Waals surface area contributed by atoms with Crippen molar-refractivity contribution >= 4 is 34.4 Å². The lowest BCUT2D eigenvalue weighted by atomic mass is 9.91. The van der Waals surface area contributed by atoms with Gasteiger partial charge in [0.25, 0.3) is 0 Å². The second-order valence-electron chi connectivity index (χ2n) is 9.04. The van der Waals surface area contributed by atoms with Crippen LogP contribution in [0.4, 0.5) is 4.39 Å². The topological polar surface area (TPSA) is 89.8 Å². The smallest absolute Gasteiger partial charge is 0.326 e. The minimum atomic E-state index is -0.952. The molecule has 9 heteroatoms. The second kappa shape index (κ2) is 9.41. The van der Waals surface area contributed by atoms with Crippen LogP contribution in [-0.2, 0) is 28.9 Å². The molecule has 1 aliphatic carbocycles. The molecule has 2 heterocycles. The highest BCUT2D eigenvalue weighted by Crippen LogP contribution is 2.39. The fourth-order valence-corrected chi connectivity index (χ4v) is 5.52. The molecular formula is C26H26ClFN2O5. The number of halogens is 2. The average Bonchev–Trinajstić information content (AvgIpc) is 3.41. The molecule has 7 nitrogen and oxygen atoms in total. The molecule has 0 radical (unpaired) electrons. The maximum absolute atomic E-state index is 14.3. The van der Waals surface area contributed by atoms with E-state index in [0.717, 1.165) is 16.8 Å². The normalized spacial score (nSPS) is 17.3. The number of hydrogen-bond donors (Lipinski definition) is 2. The van der Waals surface area contributed by atoms with Crippen molar-refractivity contribution < 1.29 is 28.6 Å². The zero-order valence-electron chi connectivity index (χ0n) is 19.3. The Morgan fingerprint density at radius 3 is 2.83 bits per heavy atom. The van der Waals surface area contributed by atoms with E-state index in [-0.39, 0.29) is 23.8 Å². The first-order chi connectivity index (χ1) is 16.9. The van der Waals surface area contributed by atoms with E-state index >= 15 is 0 Å². The number of carbonyl (C=O) groups excluding carboxylic acids is 1. The number of benzene rings is 2. The molecular weight excluding hydrogens is 475 g/mol. The summed E-state index contributed by atoms with van der Waals surface area (Å²) < 4.78 is 26.7. The van der Waals surface area contributed by atoms with Crippen LogP contribution in [0.15, 0.2) is 30.3 Å². The number of aromatic nitrogens is 1. The van der Waals surface area contributed by atoms with Gasteiger partial charge in [0, 0.05) is 23.5 Å². The molecule has 0 saturated carbocycles. The van der Waals surface area contributed by atoms with E-state index < -0.39 is 17.8 Å². The summed E-state index contributed by atoms with van der Waals surface area (Å²) in [6.45, 7) is 2.01. The molecule has 35 heavy (non-hydrogen) atoms. The first-order valence-corrected chi connectivity index (χ1v) is 12.1. The molecule has 0 fully saturated rings. The lowest BCUT2D eigenvalue weighted by Crippen LogP contribution is -2.39. The van der Waals surface area contributed by atoms with Gasteiger partial charge in [-0.05, 0) is 67.5 Å². The molecule has 2 unspecified atom stereocenters. The highest BCUT2D eigenvalue weighted by Gasteiger charge is 2.32. The van der Waals surface area contributed by atoms with E-state index in [2.05, 4.69) is 5.32 Å². The number of aryl methyl sites for hydroxylation is 1. The first kappa shape index (κ1) is 23.5. The van der Waals surface area contributed by atoms with Crippen molar-refractivity contribution in [1.82, 2.24) is 9.88 Å². The van der Waals surface area contributed by atoms with E-state index in [9.17, 15) is 19.1 Å². The number of ether oxygens (including phenoxy) is 2. The number of rotatable bonds is 7. The Labute approximate surface area is 206 Å². The van der Waals surface area contributed by atoms with Crippen molar-refractivity contribution in [3.8, 4) is 11.5 Å². The molecule has 2 atom stereocenters. The zero-order valence-corrected chi connectivity index (χ0v) is 20.0. The SMILES string of the molecule is CCC(C(=O)O)n1c2c(c3cc(F)cc(Cl)c31)CC(NC(=O)CCc1ccc3c(c1)OCO3)CC2. The minimum absolute atomic E-state index is 0.0685. The molecule has 3 aromatic rings. The van der Waals surface area contributed by atoms with Gasteiger partial charge in [0.1, 0.15) is 11.9 Å². The fraction of sp³-hybridized carbons (Fsp3) is 0.385. The Hall–Kier alpha value is -3.26. The number of carboxylic acid groups (broad SMARTS) is 1. The average molecular weight is 501 g/mol. The van der Waals surface area contributed by atoms with Gasteiger partial charge in [0.05, 0.1) is 10.5 Å². The quantitative estimate of drug-likeness (QED) is 0.486. The van der Waals surface area contributed by atoms with Crippen LogP contribution in [0, 0.1) is 5.82 Å². The van der Waals surface area contributed by atoms with Crippen molar-refractivity contribution in [2.45, 2.75) is 57.5 Å². The van der Waals surface area contributed by atoms with Crippen LogP contribution in [0.5, 0.6) is 11.5 Å². The summed E-state index contributed by atoms with van der Waals surface area (Å²) in [5.41, 5.74) is 3.24. The fourth-order valence-electron chi connectivity index (χ4n) is 5.22. The monoisotopic (exact) mass is 500 g/mol.